The van der Waals surface area contributed by atoms with Gasteiger partial charge in [0.15, 0.2) is 17.3 Å². The molecule has 7 heteroatoms. The fourth-order valence-electron chi connectivity index (χ4n) is 2.26. The molecule has 2 aromatic carbocycles. The van der Waals surface area contributed by atoms with Crippen LogP contribution in [-0.4, -0.2) is 28.0 Å². The number of benzene rings is 2. The fourth-order valence-corrected chi connectivity index (χ4v) is 2.26. The zero-order valence-electron chi connectivity index (χ0n) is 13.5. The Balaban J connectivity index is 1.72. The molecule has 0 saturated carbocycles. The largest absolute Gasteiger partial charge is 0.486 e. The van der Waals surface area contributed by atoms with Crippen LogP contribution in [0.2, 0.25) is 0 Å². The van der Waals surface area contributed by atoms with Crippen LogP contribution in [0.15, 0.2) is 48.5 Å². The molecule has 0 fully saturated rings. The summed E-state index contributed by atoms with van der Waals surface area (Å²) in [4.78, 5) is 11.9. The van der Waals surface area contributed by atoms with Gasteiger partial charge in [0, 0.05) is 5.56 Å². The van der Waals surface area contributed by atoms with Gasteiger partial charge in [0.25, 0.3) is 0 Å². The van der Waals surface area contributed by atoms with Gasteiger partial charge >= 0.3 is 5.97 Å². The molecule has 0 aliphatic rings. The summed E-state index contributed by atoms with van der Waals surface area (Å²) in [5.41, 5.74) is 2.12. The smallest absolute Gasteiger partial charge is 0.361 e. The number of hydrogen-bond donors (Lipinski definition) is 1. The highest BCUT2D eigenvalue weighted by Gasteiger charge is 2.18. The van der Waals surface area contributed by atoms with E-state index in [4.69, 9.17) is 9.47 Å². The van der Waals surface area contributed by atoms with Crippen molar-refractivity contribution in [3.8, 4) is 17.0 Å². The molecule has 0 atom stereocenters. The number of ether oxygens (including phenoxy) is 2. The number of rotatable bonds is 6. The minimum absolute atomic E-state index is 0.136. The van der Waals surface area contributed by atoms with Crippen molar-refractivity contribution in [3.63, 3.8) is 0 Å². The average molecular weight is 341 g/mol. The Bertz CT molecular complexity index is 862. The molecule has 1 heterocycles. The minimum atomic E-state index is -0.529. The summed E-state index contributed by atoms with van der Waals surface area (Å²) < 4.78 is 24.0. The second-order valence-corrected chi connectivity index (χ2v) is 5.16. The third kappa shape index (κ3) is 3.82. The van der Waals surface area contributed by atoms with E-state index in [9.17, 15) is 9.18 Å². The SMILES string of the molecule is CCOC(=O)c1n[nH]nc1-c1ccc(COc2ccccc2F)cc1. The van der Waals surface area contributed by atoms with Gasteiger partial charge in [-0.3, -0.25) is 0 Å². The predicted octanol–water partition coefficient (Wildman–Crippen LogP) is 3.37. The first-order chi connectivity index (χ1) is 12.2. The number of H-pyrrole nitrogens is 1. The Hall–Kier alpha value is -3.22. The van der Waals surface area contributed by atoms with Gasteiger partial charge in [-0.1, -0.05) is 36.4 Å². The van der Waals surface area contributed by atoms with Crippen molar-refractivity contribution < 1.29 is 18.7 Å². The van der Waals surface area contributed by atoms with Crippen molar-refractivity contribution in [2.75, 3.05) is 6.61 Å². The average Bonchev–Trinajstić information content (AvgIpc) is 3.12. The summed E-state index contributed by atoms with van der Waals surface area (Å²) in [5, 5.41) is 10.3. The maximum atomic E-state index is 13.5. The molecule has 3 aromatic rings. The van der Waals surface area contributed by atoms with E-state index in [0.717, 1.165) is 5.56 Å². The molecule has 1 N–H and O–H groups in total. The van der Waals surface area contributed by atoms with Crippen LogP contribution < -0.4 is 4.74 Å². The highest BCUT2D eigenvalue weighted by molar-refractivity contribution is 5.93. The summed E-state index contributed by atoms with van der Waals surface area (Å²) in [7, 11) is 0. The molecule has 6 nitrogen and oxygen atoms in total. The van der Waals surface area contributed by atoms with Crippen molar-refractivity contribution in [3.05, 3.63) is 65.6 Å². The summed E-state index contributed by atoms with van der Waals surface area (Å²) >= 11 is 0. The Kier molecular flexibility index (Phi) is 5.03. The molecule has 25 heavy (non-hydrogen) atoms. The normalized spacial score (nSPS) is 10.5. The highest BCUT2D eigenvalue weighted by Crippen LogP contribution is 2.22. The molecule has 3 rings (SSSR count). The fraction of sp³-hybridized carbons (Fsp3) is 0.167. The van der Waals surface area contributed by atoms with Crippen LogP contribution in [0.4, 0.5) is 4.39 Å². The van der Waals surface area contributed by atoms with E-state index in [1.165, 1.54) is 6.07 Å². The van der Waals surface area contributed by atoms with E-state index in [-0.39, 0.29) is 24.7 Å². The summed E-state index contributed by atoms with van der Waals surface area (Å²) in [6.07, 6.45) is 0. The van der Waals surface area contributed by atoms with Gasteiger partial charge in [0.05, 0.1) is 6.61 Å². The molecular formula is C18H16FN3O3. The lowest BCUT2D eigenvalue weighted by Crippen LogP contribution is -2.06. The Labute approximate surface area is 143 Å². The van der Waals surface area contributed by atoms with Crippen LogP contribution in [-0.2, 0) is 11.3 Å². The van der Waals surface area contributed by atoms with Crippen molar-refractivity contribution in [2.45, 2.75) is 13.5 Å². The van der Waals surface area contributed by atoms with Gasteiger partial charge in [-0.25, -0.2) is 9.18 Å². The second-order valence-electron chi connectivity index (χ2n) is 5.16. The van der Waals surface area contributed by atoms with Crippen LogP contribution in [0.25, 0.3) is 11.3 Å². The van der Waals surface area contributed by atoms with E-state index < -0.39 is 11.8 Å². The van der Waals surface area contributed by atoms with Crippen LogP contribution >= 0.6 is 0 Å². The van der Waals surface area contributed by atoms with Crippen LogP contribution in [0, 0.1) is 5.82 Å². The highest BCUT2D eigenvalue weighted by atomic mass is 19.1. The van der Waals surface area contributed by atoms with Crippen molar-refractivity contribution >= 4 is 5.97 Å². The first-order valence-electron chi connectivity index (χ1n) is 7.73. The van der Waals surface area contributed by atoms with Gasteiger partial charge in [-0.2, -0.15) is 10.3 Å². The Morgan fingerprint density at radius 3 is 2.60 bits per heavy atom. The molecule has 1 aromatic heterocycles. The van der Waals surface area contributed by atoms with E-state index in [1.54, 1.807) is 37.3 Å². The number of para-hydroxylation sites is 1. The second kappa shape index (κ2) is 7.57. The monoisotopic (exact) mass is 341 g/mol. The van der Waals surface area contributed by atoms with E-state index in [1.807, 2.05) is 12.1 Å². The number of halogens is 1. The number of aromatic nitrogens is 3. The van der Waals surface area contributed by atoms with E-state index in [0.29, 0.717) is 11.3 Å². The molecule has 0 saturated heterocycles. The molecular weight excluding hydrogens is 325 g/mol. The third-order valence-corrected chi connectivity index (χ3v) is 3.48. The van der Waals surface area contributed by atoms with Gasteiger partial charge in [-0.05, 0) is 24.6 Å². The maximum absolute atomic E-state index is 13.5. The number of hydrogen-bond acceptors (Lipinski definition) is 5. The van der Waals surface area contributed by atoms with Crippen LogP contribution in [0.1, 0.15) is 23.0 Å². The lowest BCUT2D eigenvalue weighted by Gasteiger charge is -2.07. The van der Waals surface area contributed by atoms with Gasteiger partial charge in [0.1, 0.15) is 12.3 Å². The van der Waals surface area contributed by atoms with Crippen molar-refractivity contribution in [1.82, 2.24) is 15.4 Å². The lowest BCUT2D eigenvalue weighted by atomic mass is 10.1. The van der Waals surface area contributed by atoms with Gasteiger partial charge < -0.3 is 9.47 Å². The van der Waals surface area contributed by atoms with Crippen molar-refractivity contribution in [2.24, 2.45) is 0 Å². The summed E-state index contributed by atoms with van der Waals surface area (Å²) in [5.74, 6) is -0.730. The number of carbonyl (C=O) groups excluding carboxylic acids is 1. The molecule has 0 amide bonds. The molecule has 0 unspecified atom stereocenters. The summed E-state index contributed by atoms with van der Waals surface area (Å²) in [6.45, 7) is 2.21. The van der Waals surface area contributed by atoms with Crippen molar-refractivity contribution in [1.29, 1.82) is 0 Å². The quantitative estimate of drug-likeness (QED) is 0.696. The molecule has 128 valence electrons. The van der Waals surface area contributed by atoms with Gasteiger partial charge in [-0.15, -0.1) is 5.10 Å². The minimum Gasteiger partial charge on any atom is -0.486 e. The molecule has 0 aliphatic carbocycles. The Morgan fingerprint density at radius 1 is 1.12 bits per heavy atom. The number of nitrogens with zero attached hydrogens (tertiary/aromatic N) is 2. The first-order valence-corrected chi connectivity index (χ1v) is 7.73. The number of esters is 1. The van der Waals surface area contributed by atoms with E-state index >= 15 is 0 Å². The standard InChI is InChI=1S/C18H16FN3O3/c1-2-24-18(23)17-16(20-22-21-17)13-9-7-12(8-10-13)11-25-15-6-4-3-5-14(15)19/h3-10H,2,11H2,1H3,(H,20,21,22). The zero-order chi connectivity index (χ0) is 17.6. The lowest BCUT2D eigenvalue weighted by molar-refractivity contribution is 0.0520. The van der Waals surface area contributed by atoms with E-state index in [2.05, 4.69) is 15.4 Å². The molecule has 0 spiro atoms. The molecule has 0 aliphatic heterocycles. The van der Waals surface area contributed by atoms with Gasteiger partial charge in [0.2, 0.25) is 0 Å². The number of nitrogens with one attached hydrogen (secondary N) is 1. The zero-order valence-corrected chi connectivity index (χ0v) is 13.5. The molecule has 0 bridgehead atoms. The maximum Gasteiger partial charge on any atom is 0.361 e. The first kappa shape index (κ1) is 16.6. The molecule has 0 radical (unpaired) electrons. The summed E-state index contributed by atoms with van der Waals surface area (Å²) in [6, 6.07) is 13.5. The third-order valence-electron chi connectivity index (χ3n) is 3.48. The number of aromatic amines is 1. The Morgan fingerprint density at radius 2 is 1.88 bits per heavy atom. The van der Waals surface area contributed by atoms with Crippen LogP contribution in [0.3, 0.4) is 0 Å². The predicted molar refractivity (Wildman–Crippen MR) is 88.5 cm³/mol. The topological polar surface area (TPSA) is 77.1 Å². The number of carbonyl (C=O) groups is 1. The van der Waals surface area contributed by atoms with Crippen LogP contribution in [0.5, 0.6) is 5.75 Å².